The number of hydrogen-bond donors (Lipinski definition) is 1. The zero-order valence-corrected chi connectivity index (χ0v) is 13.4. The molecule has 2 atom stereocenters. The van der Waals surface area contributed by atoms with Crippen LogP contribution in [-0.4, -0.2) is 11.9 Å². The van der Waals surface area contributed by atoms with E-state index < -0.39 is 0 Å². The van der Waals surface area contributed by atoms with Crippen molar-refractivity contribution < 1.29 is 4.79 Å². The molecule has 2 heteroatoms. The van der Waals surface area contributed by atoms with Gasteiger partial charge >= 0.3 is 0 Å². The second-order valence-electron chi connectivity index (χ2n) is 6.53. The average molecular weight is 285 g/mol. The number of benzene rings is 1. The Morgan fingerprint density at radius 2 is 1.86 bits per heavy atom. The van der Waals surface area contributed by atoms with Crippen molar-refractivity contribution in [2.24, 2.45) is 5.92 Å². The van der Waals surface area contributed by atoms with E-state index in [0.717, 1.165) is 12.0 Å². The summed E-state index contributed by atoms with van der Waals surface area (Å²) in [5.74, 6) is 1.17. The van der Waals surface area contributed by atoms with Crippen molar-refractivity contribution >= 4 is 12.0 Å². The zero-order chi connectivity index (χ0) is 15.2. The molecule has 1 amide bonds. The van der Waals surface area contributed by atoms with Gasteiger partial charge in [-0.05, 0) is 41.9 Å². The standard InChI is InChI=1S/C19H27NO/c1-14(2)17-11-8-16(9-12-17)10-13-19(21)20-18-7-5-4-6-15(18)3/h8-15,18H,4-7H2,1-3H3,(H,20,21)/b13-10+/t15-,18-/m1/s1. The maximum atomic E-state index is 12.0. The molecule has 1 saturated carbocycles. The van der Waals surface area contributed by atoms with Gasteiger partial charge in [0.15, 0.2) is 0 Å². The van der Waals surface area contributed by atoms with E-state index in [1.54, 1.807) is 6.08 Å². The minimum atomic E-state index is 0.0293. The Balaban J connectivity index is 1.89. The summed E-state index contributed by atoms with van der Waals surface area (Å²) >= 11 is 0. The first-order chi connectivity index (χ1) is 10.1. The smallest absolute Gasteiger partial charge is 0.244 e. The molecule has 0 radical (unpaired) electrons. The van der Waals surface area contributed by atoms with Gasteiger partial charge in [-0.25, -0.2) is 0 Å². The Kier molecular flexibility index (Phi) is 5.60. The average Bonchev–Trinajstić information content (AvgIpc) is 2.48. The summed E-state index contributed by atoms with van der Waals surface area (Å²) in [5, 5.41) is 3.14. The molecule has 1 aliphatic rings. The highest BCUT2D eigenvalue weighted by Crippen LogP contribution is 2.23. The Morgan fingerprint density at radius 3 is 2.48 bits per heavy atom. The second-order valence-corrected chi connectivity index (χ2v) is 6.53. The van der Waals surface area contributed by atoms with Gasteiger partial charge < -0.3 is 5.32 Å². The van der Waals surface area contributed by atoms with E-state index in [1.807, 2.05) is 6.08 Å². The van der Waals surface area contributed by atoms with Crippen LogP contribution in [0.3, 0.4) is 0 Å². The number of carbonyl (C=O) groups is 1. The molecular formula is C19H27NO. The van der Waals surface area contributed by atoms with E-state index >= 15 is 0 Å². The fourth-order valence-electron chi connectivity index (χ4n) is 2.93. The van der Waals surface area contributed by atoms with Crippen LogP contribution in [0, 0.1) is 5.92 Å². The molecule has 2 nitrogen and oxygen atoms in total. The predicted octanol–water partition coefficient (Wildman–Crippen LogP) is 4.52. The molecule has 0 spiro atoms. The first-order valence-corrected chi connectivity index (χ1v) is 8.15. The predicted molar refractivity (Wildman–Crippen MR) is 89.1 cm³/mol. The number of carbonyl (C=O) groups excluding carboxylic acids is 1. The maximum Gasteiger partial charge on any atom is 0.244 e. The molecule has 0 aromatic heterocycles. The fourth-order valence-corrected chi connectivity index (χ4v) is 2.93. The molecule has 1 fully saturated rings. The maximum absolute atomic E-state index is 12.0. The number of nitrogens with one attached hydrogen (secondary N) is 1. The van der Waals surface area contributed by atoms with E-state index in [1.165, 1.54) is 24.8 Å². The third kappa shape index (κ3) is 4.73. The highest BCUT2D eigenvalue weighted by atomic mass is 16.1. The summed E-state index contributed by atoms with van der Waals surface area (Å²) in [6, 6.07) is 8.75. The molecule has 0 unspecified atom stereocenters. The van der Waals surface area contributed by atoms with Crippen LogP contribution in [0.5, 0.6) is 0 Å². The van der Waals surface area contributed by atoms with E-state index in [0.29, 0.717) is 17.9 Å². The van der Waals surface area contributed by atoms with Gasteiger partial charge in [-0.3, -0.25) is 4.79 Å². The third-order valence-corrected chi connectivity index (χ3v) is 4.47. The summed E-state index contributed by atoms with van der Waals surface area (Å²) in [6.07, 6.45) is 8.43. The monoisotopic (exact) mass is 285 g/mol. The number of hydrogen-bond acceptors (Lipinski definition) is 1. The first kappa shape index (κ1) is 15.8. The van der Waals surface area contributed by atoms with Gasteiger partial charge in [0.1, 0.15) is 0 Å². The second kappa shape index (κ2) is 7.44. The highest BCUT2D eigenvalue weighted by molar-refractivity contribution is 5.91. The van der Waals surface area contributed by atoms with Gasteiger partial charge in [0.05, 0.1) is 0 Å². The van der Waals surface area contributed by atoms with E-state index in [4.69, 9.17) is 0 Å². The van der Waals surface area contributed by atoms with E-state index in [-0.39, 0.29) is 5.91 Å². The highest BCUT2D eigenvalue weighted by Gasteiger charge is 2.21. The summed E-state index contributed by atoms with van der Waals surface area (Å²) in [7, 11) is 0. The molecule has 1 N–H and O–H groups in total. The molecule has 0 saturated heterocycles. The van der Waals surface area contributed by atoms with Gasteiger partial charge in [0.25, 0.3) is 0 Å². The van der Waals surface area contributed by atoms with Crippen molar-refractivity contribution in [3.8, 4) is 0 Å². The van der Waals surface area contributed by atoms with Crippen molar-refractivity contribution in [3.05, 3.63) is 41.5 Å². The van der Waals surface area contributed by atoms with Crippen LogP contribution >= 0.6 is 0 Å². The molecule has 0 aliphatic heterocycles. The molecule has 1 aliphatic carbocycles. The Bertz CT molecular complexity index is 487. The lowest BCUT2D eigenvalue weighted by Crippen LogP contribution is -2.40. The van der Waals surface area contributed by atoms with Gasteiger partial charge in [-0.1, -0.05) is 57.9 Å². The van der Waals surface area contributed by atoms with Gasteiger partial charge in [0, 0.05) is 12.1 Å². The van der Waals surface area contributed by atoms with Gasteiger partial charge in [-0.2, -0.15) is 0 Å². The molecule has 0 heterocycles. The zero-order valence-electron chi connectivity index (χ0n) is 13.4. The van der Waals surface area contributed by atoms with Crippen molar-refractivity contribution in [3.63, 3.8) is 0 Å². The van der Waals surface area contributed by atoms with E-state index in [9.17, 15) is 4.79 Å². The molecule has 2 rings (SSSR count). The Morgan fingerprint density at radius 1 is 1.19 bits per heavy atom. The normalized spacial score (nSPS) is 22.7. The lowest BCUT2D eigenvalue weighted by atomic mass is 9.86. The lowest BCUT2D eigenvalue weighted by molar-refractivity contribution is -0.117. The van der Waals surface area contributed by atoms with Crippen molar-refractivity contribution in [1.29, 1.82) is 0 Å². The lowest BCUT2D eigenvalue weighted by Gasteiger charge is -2.29. The van der Waals surface area contributed by atoms with Gasteiger partial charge in [0.2, 0.25) is 5.91 Å². The molecular weight excluding hydrogens is 258 g/mol. The SMILES string of the molecule is CC(C)c1ccc(/C=C/C(=O)N[C@@H]2CCCC[C@H]2C)cc1. The summed E-state index contributed by atoms with van der Waals surface area (Å²) in [6.45, 7) is 6.60. The quantitative estimate of drug-likeness (QED) is 0.810. The summed E-state index contributed by atoms with van der Waals surface area (Å²) < 4.78 is 0. The van der Waals surface area contributed by atoms with Crippen molar-refractivity contribution in [2.75, 3.05) is 0 Å². The molecule has 0 bridgehead atoms. The molecule has 1 aromatic carbocycles. The van der Waals surface area contributed by atoms with Crippen LogP contribution in [0.4, 0.5) is 0 Å². The van der Waals surface area contributed by atoms with Crippen molar-refractivity contribution in [2.45, 2.75) is 58.4 Å². The van der Waals surface area contributed by atoms with Crippen LogP contribution < -0.4 is 5.32 Å². The molecule has 21 heavy (non-hydrogen) atoms. The minimum absolute atomic E-state index is 0.0293. The van der Waals surface area contributed by atoms with Crippen LogP contribution in [0.2, 0.25) is 0 Å². The van der Waals surface area contributed by atoms with Crippen LogP contribution in [0.1, 0.15) is 63.5 Å². The molecule has 1 aromatic rings. The Hall–Kier alpha value is -1.57. The largest absolute Gasteiger partial charge is 0.350 e. The van der Waals surface area contributed by atoms with Crippen LogP contribution in [0.15, 0.2) is 30.3 Å². The Labute approximate surface area is 128 Å². The third-order valence-electron chi connectivity index (χ3n) is 4.47. The number of amides is 1. The van der Waals surface area contributed by atoms with Crippen LogP contribution in [0.25, 0.3) is 6.08 Å². The summed E-state index contributed by atoms with van der Waals surface area (Å²) in [5.41, 5.74) is 2.40. The van der Waals surface area contributed by atoms with Gasteiger partial charge in [-0.15, -0.1) is 0 Å². The fraction of sp³-hybridized carbons (Fsp3) is 0.526. The minimum Gasteiger partial charge on any atom is -0.350 e. The molecule has 114 valence electrons. The van der Waals surface area contributed by atoms with Crippen molar-refractivity contribution in [1.82, 2.24) is 5.32 Å². The summed E-state index contributed by atoms with van der Waals surface area (Å²) in [4.78, 5) is 12.0. The van der Waals surface area contributed by atoms with Crippen LogP contribution in [-0.2, 0) is 4.79 Å². The van der Waals surface area contributed by atoms with E-state index in [2.05, 4.69) is 50.4 Å². The number of rotatable bonds is 4. The topological polar surface area (TPSA) is 29.1 Å². The first-order valence-electron chi connectivity index (χ1n) is 8.15.